The predicted molar refractivity (Wildman–Crippen MR) is 113 cm³/mol. The van der Waals surface area contributed by atoms with Crippen LogP contribution in [-0.2, 0) is 16.1 Å². The molecule has 7 heteroatoms. The number of carbonyl (C=O) groups is 1. The van der Waals surface area contributed by atoms with Crippen LogP contribution in [0.15, 0.2) is 46.3 Å². The molecule has 2 aromatic carbocycles. The number of rotatable bonds is 7. The second-order valence-corrected chi connectivity index (χ2v) is 8.04. The number of aromatic nitrogens is 1. The van der Waals surface area contributed by atoms with E-state index in [2.05, 4.69) is 20.9 Å². The SMILES string of the molecule is COc1ccc(Br)cc1-c1nc(COC(=O)COc2cc(C)cc(C)c2)cs1. The Morgan fingerprint density at radius 3 is 2.61 bits per heavy atom. The molecule has 0 N–H and O–H groups in total. The lowest BCUT2D eigenvalue weighted by Gasteiger charge is -2.08. The van der Waals surface area contributed by atoms with Gasteiger partial charge in [0, 0.05) is 9.85 Å². The third-order valence-electron chi connectivity index (χ3n) is 3.88. The van der Waals surface area contributed by atoms with Crippen molar-refractivity contribution in [2.45, 2.75) is 20.5 Å². The largest absolute Gasteiger partial charge is 0.496 e. The first kappa shape index (κ1) is 20.4. The topological polar surface area (TPSA) is 57.7 Å². The highest BCUT2D eigenvalue weighted by Crippen LogP contribution is 2.34. The van der Waals surface area contributed by atoms with Gasteiger partial charge in [-0.25, -0.2) is 9.78 Å². The molecule has 0 saturated carbocycles. The van der Waals surface area contributed by atoms with Crippen LogP contribution >= 0.6 is 27.3 Å². The van der Waals surface area contributed by atoms with Crippen LogP contribution in [0.3, 0.4) is 0 Å². The van der Waals surface area contributed by atoms with E-state index in [1.54, 1.807) is 7.11 Å². The molecular formula is C21H20BrNO4S. The first-order valence-corrected chi connectivity index (χ1v) is 10.3. The molecule has 0 aliphatic carbocycles. The van der Waals surface area contributed by atoms with Crippen LogP contribution in [0.25, 0.3) is 10.6 Å². The molecule has 0 radical (unpaired) electrons. The van der Waals surface area contributed by atoms with Crippen molar-refractivity contribution >= 4 is 33.2 Å². The summed E-state index contributed by atoms with van der Waals surface area (Å²) in [6.45, 7) is 3.93. The lowest BCUT2D eigenvalue weighted by molar-refractivity contribution is -0.147. The molecule has 3 aromatic rings. The summed E-state index contributed by atoms with van der Waals surface area (Å²) in [5.74, 6) is 0.962. The summed E-state index contributed by atoms with van der Waals surface area (Å²) >= 11 is 4.93. The van der Waals surface area contributed by atoms with Gasteiger partial charge in [0.2, 0.25) is 0 Å². The van der Waals surface area contributed by atoms with Crippen LogP contribution in [0.4, 0.5) is 0 Å². The van der Waals surface area contributed by atoms with Crippen molar-refractivity contribution in [2.75, 3.05) is 13.7 Å². The molecule has 0 aliphatic heterocycles. The third kappa shape index (κ3) is 5.33. The summed E-state index contributed by atoms with van der Waals surface area (Å²) in [6.07, 6.45) is 0. The molecule has 5 nitrogen and oxygen atoms in total. The van der Waals surface area contributed by atoms with E-state index in [4.69, 9.17) is 14.2 Å². The zero-order valence-corrected chi connectivity index (χ0v) is 18.2. The van der Waals surface area contributed by atoms with E-state index < -0.39 is 5.97 Å². The Morgan fingerprint density at radius 1 is 1.14 bits per heavy atom. The highest BCUT2D eigenvalue weighted by atomic mass is 79.9. The van der Waals surface area contributed by atoms with Crippen LogP contribution in [-0.4, -0.2) is 24.7 Å². The summed E-state index contributed by atoms with van der Waals surface area (Å²) in [5, 5.41) is 2.67. The summed E-state index contributed by atoms with van der Waals surface area (Å²) in [4.78, 5) is 16.5. The number of ether oxygens (including phenoxy) is 3. The zero-order chi connectivity index (χ0) is 20.1. The minimum atomic E-state index is -0.436. The Labute approximate surface area is 176 Å². The van der Waals surface area contributed by atoms with E-state index in [9.17, 15) is 4.79 Å². The zero-order valence-electron chi connectivity index (χ0n) is 15.8. The number of hydrogen-bond acceptors (Lipinski definition) is 6. The number of nitrogens with zero attached hydrogens (tertiary/aromatic N) is 1. The molecule has 0 spiro atoms. The van der Waals surface area contributed by atoms with Crippen molar-refractivity contribution in [3.05, 3.63) is 63.1 Å². The summed E-state index contributed by atoms with van der Waals surface area (Å²) in [6, 6.07) is 11.6. The van der Waals surface area contributed by atoms with E-state index in [0.717, 1.165) is 31.9 Å². The summed E-state index contributed by atoms with van der Waals surface area (Å²) < 4.78 is 17.1. The lowest BCUT2D eigenvalue weighted by atomic mass is 10.1. The van der Waals surface area contributed by atoms with Crippen LogP contribution < -0.4 is 9.47 Å². The Hall–Kier alpha value is -2.38. The fraction of sp³-hybridized carbons (Fsp3) is 0.238. The summed E-state index contributed by atoms with van der Waals surface area (Å²) in [7, 11) is 1.62. The average molecular weight is 462 g/mol. The first-order chi connectivity index (χ1) is 13.4. The molecular weight excluding hydrogens is 442 g/mol. The van der Waals surface area contributed by atoms with Gasteiger partial charge in [-0.1, -0.05) is 22.0 Å². The fourth-order valence-corrected chi connectivity index (χ4v) is 3.88. The van der Waals surface area contributed by atoms with Gasteiger partial charge in [0.1, 0.15) is 23.1 Å². The lowest BCUT2D eigenvalue weighted by Crippen LogP contribution is -2.15. The van der Waals surface area contributed by atoms with Gasteiger partial charge in [-0.15, -0.1) is 11.3 Å². The number of esters is 1. The van der Waals surface area contributed by atoms with E-state index in [1.807, 2.05) is 55.6 Å². The molecule has 0 saturated heterocycles. The van der Waals surface area contributed by atoms with Gasteiger partial charge >= 0.3 is 5.97 Å². The molecule has 0 atom stereocenters. The van der Waals surface area contributed by atoms with Crippen LogP contribution in [0, 0.1) is 13.8 Å². The van der Waals surface area contributed by atoms with Crippen LogP contribution in [0.2, 0.25) is 0 Å². The van der Waals surface area contributed by atoms with Crippen molar-refractivity contribution in [2.24, 2.45) is 0 Å². The van der Waals surface area contributed by atoms with E-state index >= 15 is 0 Å². The Morgan fingerprint density at radius 2 is 1.89 bits per heavy atom. The molecule has 28 heavy (non-hydrogen) atoms. The number of halogens is 1. The maximum Gasteiger partial charge on any atom is 0.344 e. The van der Waals surface area contributed by atoms with Crippen molar-refractivity contribution in [3.8, 4) is 22.1 Å². The number of hydrogen-bond donors (Lipinski definition) is 0. The molecule has 0 amide bonds. The minimum Gasteiger partial charge on any atom is -0.496 e. The van der Waals surface area contributed by atoms with Gasteiger partial charge in [-0.3, -0.25) is 0 Å². The Balaban J connectivity index is 1.57. The van der Waals surface area contributed by atoms with Gasteiger partial charge in [0.25, 0.3) is 0 Å². The highest BCUT2D eigenvalue weighted by molar-refractivity contribution is 9.10. The smallest absolute Gasteiger partial charge is 0.344 e. The maximum atomic E-state index is 12.0. The van der Waals surface area contributed by atoms with Crippen molar-refractivity contribution in [1.82, 2.24) is 4.98 Å². The van der Waals surface area contributed by atoms with Gasteiger partial charge in [-0.2, -0.15) is 0 Å². The maximum absolute atomic E-state index is 12.0. The standard InChI is InChI=1S/C21H20BrNO4S/c1-13-6-14(2)8-17(7-13)26-11-20(24)27-10-16-12-28-21(23-16)18-9-15(22)4-5-19(18)25-3/h4-9,12H,10-11H2,1-3H3. The van der Waals surface area contributed by atoms with E-state index in [0.29, 0.717) is 11.4 Å². The predicted octanol–water partition coefficient (Wildman–Crippen LogP) is 5.32. The van der Waals surface area contributed by atoms with Crippen molar-refractivity contribution in [1.29, 1.82) is 0 Å². The Kier molecular flexibility index (Phi) is 6.70. The number of methoxy groups -OCH3 is 1. The molecule has 0 unspecified atom stereocenters. The van der Waals surface area contributed by atoms with E-state index in [1.165, 1.54) is 11.3 Å². The molecule has 0 bridgehead atoms. The third-order valence-corrected chi connectivity index (χ3v) is 5.29. The molecule has 0 aliphatic rings. The van der Waals surface area contributed by atoms with Gasteiger partial charge in [0.15, 0.2) is 6.61 Å². The van der Waals surface area contributed by atoms with Gasteiger partial charge in [0.05, 0.1) is 18.4 Å². The van der Waals surface area contributed by atoms with Gasteiger partial charge < -0.3 is 14.2 Å². The van der Waals surface area contributed by atoms with Crippen molar-refractivity contribution < 1.29 is 19.0 Å². The second kappa shape index (κ2) is 9.21. The normalized spacial score (nSPS) is 10.6. The number of carbonyl (C=O) groups excluding carboxylic acids is 1. The second-order valence-electron chi connectivity index (χ2n) is 6.26. The fourth-order valence-electron chi connectivity index (χ4n) is 2.70. The first-order valence-electron chi connectivity index (χ1n) is 8.59. The molecule has 0 fully saturated rings. The molecule has 3 rings (SSSR count). The molecule has 1 heterocycles. The number of benzene rings is 2. The minimum absolute atomic E-state index is 0.0991. The number of aryl methyl sites for hydroxylation is 2. The van der Waals surface area contributed by atoms with E-state index in [-0.39, 0.29) is 13.2 Å². The quantitative estimate of drug-likeness (QED) is 0.445. The highest BCUT2D eigenvalue weighted by Gasteiger charge is 2.13. The van der Waals surface area contributed by atoms with Crippen LogP contribution in [0.5, 0.6) is 11.5 Å². The molecule has 1 aromatic heterocycles. The summed E-state index contributed by atoms with van der Waals surface area (Å²) in [5.41, 5.74) is 3.74. The Bertz CT molecular complexity index is 966. The van der Waals surface area contributed by atoms with Gasteiger partial charge in [-0.05, 0) is 55.3 Å². The average Bonchev–Trinajstić information content (AvgIpc) is 3.13. The number of thiazole rings is 1. The van der Waals surface area contributed by atoms with Crippen molar-refractivity contribution in [3.63, 3.8) is 0 Å². The monoisotopic (exact) mass is 461 g/mol. The molecule has 146 valence electrons. The van der Waals surface area contributed by atoms with Crippen LogP contribution in [0.1, 0.15) is 16.8 Å².